The lowest BCUT2D eigenvalue weighted by Crippen LogP contribution is -2.47. The third kappa shape index (κ3) is 22.1. The third-order valence-corrected chi connectivity index (χ3v) is 33.4. The number of rotatable bonds is 20. The van der Waals surface area contributed by atoms with Crippen molar-refractivity contribution < 1.29 is 124 Å². The Bertz CT molecular complexity index is 3740. The maximum absolute atomic E-state index is 12.4. The second-order valence-electron chi connectivity index (χ2n) is 40.2. The predicted molar refractivity (Wildman–Crippen MR) is 497 cm³/mol. The predicted octanol–water partition coefficient (Wildman–Crippen LogP) is 19.2. The molecule has 0 aromatic rings. The lowest BCUT2D eigenvalue weighted by molar-refractivity contribution is -0.175. The highest BCUT2D eigenvalue weighted by Crippen LogP contribution is 2.64. The average molecular weight is 1840 g/mol. The number of fused-ring (bicyclic) bond motifs is 30. The van der Waals surface area contributed by atoms with Crippen LogP contribution in [0.15, 0.2) is 0 Å². The first-order chi connectivity index (χ1) is 55.4. The van der Waals surface area contributed by atoms with Gasteiger partial charge in [-0.15, -0.1) is 0 Å². The summed E-state index contributed by atoms with van der Waals surface area (Å²) in [5, 5.41) is 0. The number of cyclic esters (lactones) is 6. The molecule has 18 aliphatic rings. The summed E-state index contributed by atoms with van der Waals surface area (Å²) in [7, 11) is 3.26. The minimum absolute atomic E-state index is 0. The zero-order chi connectivity index (χ0) is 84.8. The maximum atomic E-state index is 12.4. The Morgan fingerprint density at radius 1 is 0.287 bits per heavy atom. The van der Waals surface area contributed by atoms with Crippen LogP contribution in [-0.2, 0) is 124 Å². The molecule has 18 fully saturated rings. The second-order valence-corrected chi connectivity index (χ2v) is 40.2. The van der Waals surface area contributed by atoms with Crippen molar-refractivity contribution >= 4 is 71.6 Å². The normalized spacial score (nSPS) is 38.4. The fraction of sp³-hybridized carbons (Fsp3) is 0.883. The number of carbonyl (C=O) groups excluding carboxylic acids is 12. The van der Waals surface area contributed by atoms with Gasteiger partial charge >= 0.3 is 71.6 Å². The number of esters is 12. The molecule has 750 valence electrons. The van der Waals surface area contributed by atoms with E-state index in [2.05, 4.69) is 13.8 Å². The number of methoxy groups -OCH3 is 2. The summed E-state index contributed by atoms with van der Waals surface area (Å²) in [5.74, 6) is 4.46. The lowest BCUT2D eigenvalue weighted by Gasteiger charge is -2.36. The van der Waals surface area contributed by atoms with E-state index in [-0.39, 0.29) is 328 Å². The van der Waals surface area contributed by atoms with Gasteiger partial charge in [-0.25, -0.2) is 0 Å². The van der Waals surface area contributed by atoms with Gasteiger partial charge in [0.2, 0.25) is 0 Å². The van der Waals surface area contributed by atoms with Crippen molar-refractivity contribution in [2.45, 2.75) is 346 Å². The van der Waals surface area contributed by atoms with E-state index < -0.39 is 16.2 Å². The highest BCUT2D eigenvalue weighted by atomic mass is 16.6. The minimum atomic E-state index is -0.485. The molecule has 0 radical (unpaired) electrons. The molecule has 0 N–H and O–H groups in total. The second kappa shape index (κ2) is 47.7. The lowest BCUT2D eigenvalue weighted by atomic mass is 9.74. The van der Waals surface area contributed by atoms with Gasteiger partial charge in [0.15, 0.2) is 0 Å². The average Bonchev–Trinajstić information content (AvgIpc) is 1.58. The molecule has 12 aliphatic carbocycles. The Labute approximate surface area is 778 Å². The molecule has 0 aromatic heterocycles. The first-order valence-electron chi connectivity index (χ1n) is 44.7. The molecular formula is C103H182O26. The van der Waals surface area contributed by atoms with Crippen molar-refractivity contribution in [1.29, 1.82) is 0 Å². The quantitative estimate of drug-likeness (QED) is 0.0807. The highest BCUT2D eigenvalue weighted by Gasteiger charge is 2.70. The van der Waals surface area contributed by atoms with Crippen molar-refractivity contribution in [2.24, 2.45) is 188 Å². The first kappa shape index (κ1) is 121. The molecule has 12 bridgehead atoms. The van der Waals surface area contributed by atoms with Crippen LogP contribution < -0.4 is 0 Å². The maximum Gasteiger partial charge on any atom is 0.311 e. The van der Waals surface area contributed by atoms with Crippen LogP contribution in [0, 0.1) is 188 Å². The van der Waals surface area contributed by atoms with Crippen LogP contribution in [0.4, 0.5) is 0 Å². The molecule has 18 rings (SSSR count). The molecule has 37 atom stereocenters. The standard InChI is InChI=1S/C16H24O5.C16H24O4.C15H22O5.2C15H22O4.C14H20O4.12CH4/c1-5-16(2,3)15(18)21-13-8-6-9(12(13)19-4)11-10(8)7-20-14(11)17;1-5-16(3,4)15(18)20-13-8(2)9-6-10(13)11-7-19-14(17)12(9)11;1-4-7(2)14(16)20-13-8-5-9(12(13)18-3)11-10(8)6-19-15(11)17;1-4-15(2,3)14(17)19-11-6-8-5-9(11)10-7-18-13(16)12(8)10;1-4-7(2)14(16)19-13-8(3)9-5-10(13)11-6-18-15(17)12(9)11;1-3-7(2)13(15)18-11-5-8-4-9(11)10-6-17-14(16)12(8)10;;;;;;;;;;;;/h8-13H,5-7H2,1-4H3;8-13H,5-7H2,1-4H3;7-13H,4-6H2,1-3H3;8-12H,4-7H2,1-3H3;7-13H,4-6H2,1-3H3;7-12H,3-6H2,1-2H3;12*1H4. The molecule has 0 aromatic carbocycles. The molecule has 6 saturated heterocycles. The molecule has 12 saturated carbocycles. The Hall–Kier alpha value is -6.44. The van der Waals surface area contributed by atoms with Crippen molar-refractivity contribution in [2.75, 3.05) is 53.9 Å². The molecule has 0 amide bonds. The molecule has 26 nitrogen and oxygen atoms in total. The van der Waals surface area contributed by atoms with Crippen molar-refractivity contribution in [3.8, 4) is 0 Å². The van der Waals surface area contributed by atoms with Gasteiger partial charge in [-0.1, -0.05) is 165 Å². The molecule has 26 heteroatoms. The van der Waals surface area contributed by atoms with Gasteiger partial charge in [0, 0.05) is 97.1 Å². The van der Waals surface area contributed by atoms with E-state index in [9.17, 15) is 57.5 Å². The summed E-state index contributed by atoms with van der Waals surface area (Å²) in [4.78, 5) is 143. The van der Waals surface area contributed by atoms with Crippen LogP contribution in [0.3, 0.4) is 0 Å². The third-order valence-electron chi connectivity index (χ3n) is 33.4. The van der Waals surface area contributed by atoms with Crippen LogP contribution in [0.2, 0.25) is 0 Å². The summed E-state index contributed by atoms with van der Waals surface area (Å²) in [6, 6.07) is 0. The number of hydrogen-bond donors (Lipinski definition) is 0. The van der Waals surface area contributed by atoms with E-state index in [1.54, 1.807) is 14.2 Å². The molecular weight excluding hydrogens is 1650 g/mol. The number of hydrogen-bond acceptors (Lipinski definition) is 26. The smallest absolute Gasteiger partial charge is 0.311 e. The number of ether oxygens (including phenoxy) is 14. The SMILES string of the molecule is C.C.C.C.C.C.C.C.C.C.C.C.CCC(C)(C)C(=O)OC1C(C)C2CC1C1COC(=O)C21.CCC(C)(C)C(=O)OC1C2CC(C1OC)C1C(=O)OCC21.CCC(C)(C)C(=O)OC1CC2CC1C1COC(=O)C21.CCC(C)C(=O)OC1C(C)C2CC1C1COC(=O)C21.CCC(C)C(=O)OC1C2CC(C1OC)C1C(=O)OCC21.CCC(C)C(=O)OC1CC2CC1C1COC(=O)C21. The molecule has 0 spiro atoms. The van der Waals surface area contributed by atoms with Crippen LogP contribution in [0.25, 0.3) is 0 Å². The Balaban J connectivity index is 0.000000760. The molecule has 37 unspecified atom stereocenters. The van der Waals surface area contributed by atoms with E-state index in [4.69, 9.17) is 66.3 Å². The monoisotopic (exact) mass is 1840 g/mol. The summed E-state index contributed by atoms with van der Waals surface area (Å²) in [6.45, 7) is 36.4. The Morgan fingerprint density at radius 2 is 0.519 bits per heavy atom. The largest absolute Gasteiger partial charge is 0.465 e. The van der Waals surface area contributed by atoms with E-state index >= 15 is 0 Å². The Kier molecular flexibility index (Phi) is 44.5. The molecule has 129 heavy (non-hydrogen) atoms. The summed E-state index contributed by atoms with van der Waals surface area (Å²) in [5.41, 5.74) is -1.33. The van der Waals surface area contributed by atoms with Gasteiger partial charge in [-0.3, -0.25) is 57.5 Å². The van der Waals surface area contributed by atoms with Crippen molar-refractivity contribution in [3.63, 3.8) is 0 Å². The number of carbonyl (C=O) groups is 12. The van der Waals surface area contributed by atoms with Gasteiger partial charge in [-0.05, 0) is 167 Å². The van der Waals surface area contributed by atoms with E-state index in [1.165, 1.54) is 0 Å². The topological polar surface area (TPSA) is 334 Å². The summed E-state index contributed by atoms with van der Waals surface area (Å²) in [6.07, 6.45) is 11.4. The van der Waals surface area contributed by atoms with Gasteiger partial charge in [0.25, 0.3) is 0 Å². The van der Waals surface area contributed by atoms with Crippen molar-refractivity contribution in [1.82, 2.24) is 0 Å². The first-order valence-corrected chi connectivity index (χ1v) is 44.7. The fourth-order valence-electron chi connectivity index (χ4n) is 24.5. The van der Waals surface area contributed by atoms with Gasteiger partial charge in [0.05, 0.1) is 121 Å². The van der Waals surface area contributed by atoms with Crippen molar-refractivity contribution in [3.05, 3.63) is 0 Å². The highest BCUT2D eigenvalue weighted by molar-refractivity contribution is 5.82. The summed E-state index contributed by atoms with van der Waals surface area (Å²) < 4.78 is 76.7. The van der Waals surface area contributed by atoms with Gasteiger partial charge in [-0.2, -0.15) is 0 Å². The van der Waals surface area contributed by atoms with Crippen LogP contribution in [0.1, 0.15) is 297 Å². The zero-order valence-corrected chi connectivity index (χ0v) is 72.6. The minimum Gasteiger partial charge on any atom is -0.465 e. The van der Waals surface area contributed by atoms with E-state index in [0.717, 1.165) is 89.9 Å². The Morgan fingerprint density at radius 3 is 0.822 bits per heavy atom. The summed E-state index contributed by atoms with van der Waals surface area (Å²) >= 11 is 0. The molecule has 6 aliphatic heterocycles. The van der Waals surface area contributed by atoms with Crippen LogP contribution >= 0.6 is 0 Å². The van der Waals surface area contributed by atoms with Crippen LogP contribution in [0.5, 0.6) is 0 Å². The van der Waals surface area contributed by atoms with Crippen LogP contribution in [-0.4, -0.2) is 174 Å². The molecule has 6 heterocycles. The van der Waals surface area contributed by atoms with E-state index in [0.29, 0.717) is 92.9 Å². The fourth-order valence-corrected chi connectivity index (χ4v) is 24.5. The zero-order valence-electron chi connectivity index (χ0n) is 72.6. The van der Waals surface area contributed by atoms with Gasteiger partial charge < -0.3 is 66.3 Å². The van der Waals surface area contributed by atoms with E-state index in [1.807, 2.05) is 104 Å². The van der Waals surface area contributed by atoms with Gasteiger partial charge in [0.1, 0.15) is 36.6 Å².